The molecule has 0 atom stereocenters. The largest absolute Gasteiger partial charge is 0.520 e. The fourth-order valence-corrected chi connectivity index (χ4v) is 0.881. The number of amides is 1. The molecule has 0 aromatic heterocycles. The van der Waals surface area contributed by atoms with Crippen molar-refractivity contribution in [1.29, 1.82) is 0 Å². The Labute approximate surface area is 84.0 Å². The van der Waals surface area contributed by atoms with Crippen LogP contribution < -0.4 is 4.84 Å². The van der Waals surface area contributed by atoms with Gasteiger partial charge in [-0.2, -0.15) is 0 Å². The van der Waals surface area contributed by atoms with E-state index in [0.717, 1.165) is 6.92 Å². The number of carbonyl (C=O) groups is 1. The Kier molecular flexibility index (Phi) is 3.18. The van der Waals surface area contributed by atoms with Gasteiger partial charge in [-0.25, -0.2) is 0 Å². The quantitative estimate of drug-likeness (QED) is 0.564. The number of benzene rings is 1. The van der Waals surface area contributed by atoms with Gasteiger partial charge >= 0.3 is 6.30 Å². The lowest BCUT2D eigenvalue weighted by atomic mass is 10.3. The maximum atomic E-state index is 12.2. The van der Waals surface area contributed by atoms with E-state index < -0.39 is 17.3 Å². The molecule has 82 valence electrons. The Balaban J connectivity index is 2.82. The van der Waals surface area contributed by atoms with Crippen molar-refractivity contribution < 1.29 is 22.8 Å². The Bertz CT molecular complexity index is 337. The number of rotatable bonds is 2. The molecule has 0 unspecified atom stereocenters. The van der Waals surface area contributed by atoms with Gasteiger partial charge in [-0.05, 0) is 12.1 Å². The fraction of sp³-hybridized carbons (Fsp3) is 0.222. The van der Waals surface area contributed by atoms with Crippen LogP contribution >= 0.6 is 0 Å². The van der Waals surface area contributed by atoms with E-state index in [1.165, 1.54) is 24.3 Å². The van der Waals surface area contributed by atoms with Gasteiger partial charge in [0.15, 0.2) is 5.75 Å². The van der Waals surface area contributed by atoms with Crippen LogP contribution in [0.4, 0.5) is 13.2 Å². The fourth-order valence-electron chi connectivity index (χ4n) is 0.881. The molecule has 15 heavy (non-hydrogen) atoms. The third-order valence-corrected chi connectivity index (χ3v) is 1.46. The Morgan fingerprint density at radius 3 is 2.20 bits per heavy atom. The summed E-state index contributed by atoms with van der Waals surface area (Å²) in [6, 6.07) is 7.27. The van der Waals surface area contributed by atoms with Crippen LogP contribution in [-0.2, 0) is 4.79 Å². The van der Waals surface area contributed by atoms with Gasteiger partial charge in [0.25, 0.3) is 5.91 Å². The first-order valence-corrected chi connectivity index (χ1v) is 4.02. The highest BCUT2D eigenvalue weighted by Crippen LogP contribution is 2.23. The third-order valence-electron chi connectivity index (χ3n) is 1.46. The minimum atomic E-state index is -4.85. The molecule has 3 nitrogen and oxygen atoms in total. The average molecular weight is 219 g/mol. The van der Waals surface area contributed by atoms with Crippen molar-refractivity contribution in [1.82, 2.24) is 5.06 Å². The van der Waals surface area contributed by atoms with Crippen LogP contribution in [-0.4, -0.2) is 17.3 Å². The summed E-state index contributed by atoms with van der Waals surface area (Å²) < 4.78 is 36.7. The summed E-state index contributed by atoms with van der Waals surface area (Å²) in [4.78, 5) is 15.1. The van der Waals surface area contributed by atoms with Crippen LogP contribution in [0.5, 0.6) is 5.75 Å². The van der Waals surface area contributed by atoms with Gasteiger partial charge in [0.2, 0.25) is 0 Å². The van der Waals surface area contributed by atoms with Crippen LogP contribution in [0, 0.1) is 0 Å². The molecule has 0 saturated carbocycles. The molecule has 0 N–H and O–H groups in total. The van der Waals surface area contributed by atoms with Crippen LogP contribution in [0.1, 0.15) is 6.92 Å². The van der Waals surface area contributed by atoms with Crippen molar-refractivity contribution in [3.63, 3.8) is 0 Å². The molecule has 0 fully saturated rings. The second-order valence-corrected chi connectivity index (χ2v) is 2.69. The number of hydrogen-bond acceptors (Lipinski definition) is 2. The highest BCUT2D eigenvalue weighted by molar-refractivity contribution is 5.72. The maximum Gasteiger partial charge on any atom is 0.520 e. The first kappa shape index (κ1) is 11.4. The zero-order chi connectivity index (χ0) is 11.5. The van der Waals surface area contributed by atoms with Crippen LogP contribution in [0.2, 0.25) is 0 Å². The van der Waals surface area contributed by atoms with Crippen LogP contribution in [0.15, 0.2) is 30.3 Å². The van der Waals surface area contributed by atoms with Crippen molar-refractivity contribution >= 4 is 5.91 Å². The first-order chi connectivity index (χ1) is 6.91. The maximum absolute atomic E-state index is 12.2. The molecule has 0 aliphatic heterocycles. The number of hydroxylamine groups is 2. The average Bonchev–Trinajstić information content (AvgIpc) is 2.13. The van der Waals surface area contributed by atoms with Gasteiger partial charge in [0, 0.05) is 6.92 Å². The highest BCUT2D eigenvalue weighted by atomic mass is 19.4. The van der Waals surface area contributed by atoms with Crippen molar-refractivity contribution in [3.8, 4) is 5.75 Å². The lowest BCUT2D eigenvalue weighted by molar-refractivity contribution is -0.317. The summed E-state index contributed by atoms with van der Waals surface area (Å²) in [5.74, 6) is -1.28. The SMILES string of the molecule is CC(=O)N(Oc1ccccc1)C(F)(F)F. The van der Waals surface area contributed by atoms with Crippen LogP contribution in [0.25, 0.3) is 0 Å². The molecule has 0 aliphatic carbocycles. The molecule has 1 rings (SSSR count). The van der Waals surface area contributed by atoms with E-state index in [1.54, 1.807) is 6.07 Å². The topological polar surface area (TPSA) is 29.5 Å². The van der Waals surface area contributed by atoms with Crippen LogP contribution in [0.3, 0.4) is 0 Å². The molecular formula is C9H8F3NO2. The number of carbonyl (C=O) groups excluding carboxylic acids is 1. The van der Waals surface area contributed by atoms with E-state index in [-0.39, 0.29) is 5.75 Å². The van der Waals surface area contributed by atoms with E-state index in [1.807, 2.05) is 0 Å². The summed E-state index contributed by atoms with van der Waals surface area (Å²) >= 11 is 0. The van der Waals surface area contributed by atoms with E-state index in [9.17, 15) is 18.0 Å². The number of hydrogen-bond donors (Lipinski definition) is 0. The van der Waals surface area contributed by atoms with E-state index in [2.05, 4.69) is 4.84 Å². The summed E-state index contributed by atoms with van der Waals surface area (Å²) in [6.45, 7) is 0.774. The normalized spacial score (nSPS) is 10.9. The van der Waals surface area contributed by atoms with Gasteiger partial charge in [-0.3, -0.25) is 4.79 Å². The second-order valence-electron chi connectivity index (χ2n) is 2.69. The number of alkyl halides is 3. The van der Waals surface area contributed by atoms with Crippen molar-refractivity contribution in [2.75, 3.05) is 0 Å². The minimum Gasteiger partial charge on any atom is -0.369 e. The van der Waals surface area contributed by atoms with Gasteiger partial charge < -0.3 is 4.84 Å². The number of nitrogens with zero attached hydrogens (tertiary/aromatic N) is 1. The van der Waals surface area contributed by atoms with Crippen molar-refractivity contribution in [2.45, 2.75) is 13.2 Å². The molecule has 0 heterocycles. The molecule has 0 saturated heterocycles. The zero-order valence-electron chi connectivity index (χ0n) is 7.78. The van der Waals surface area contributed by atoms with Crippen molar-refractivity contribution in [2.24, 2.45) is 0 Å². The molecule has 0 radical (unpaired) electrons. The number of halogens is 3. The Hall–Kier alpha value is -1.72. The lowest BCUT2D eigenvalue weighted by Gasteiger charge is -2.22. The lowest BCUT2D eigenvalue weighted by Crippen LogP contribution is -2.43. The second kappa shape index (κ2) is 4.20. The molecular weight excluding hydrogens is 211 g/mol. The standard InChI is InChI=1S/C9H8F3NO2/c1-7(14)13(9(10,11)12)15-8-5-3-2-4-6-8/h2-6H,1H3. The molecule has 1 aromatic carbocycles. The molecule has 0 aliphatic rings. The molecule has 6 heteroatoms. The summed E-state index contributed by atoms with van der Waals surface area (Å²) in [5.41, 5.74) is 0. The molecule has 0 bridgehead atoms. The Morgan fingerprint density at radius 2 is 1.80 bits per heavy atom. The molecule has 0 spiro atoms. The highest BCUT2D eigenvalue weighted by Gasteiger charge is 2.42. The first-order valence-electron chi connectivity index (χ1n) is 4.02. The van der Waals surface area contributed by atoms with Gasteiger partial charge in [0.1, 0.15) is 0 Å². The molecule has 1 amide bonds. The van der Waals surface area contributed by atoms with Gasteiger partial charge in [0.05, 0.1) is 0 Å². The van der Waals surface area contributed by atoms with E-state index in [0.29, 0.717) is 0 Å². The summed E-state index contributed by atoms with van der Waals surface area (Å²) in [6.07, 6.45) is -4.85. The Morgan fingerprint density at radius 1 is 1.27 bits per heavy atom. The van der Waals surface area contributed by atoms with E-state index in [4.69, 9.17) is 0 Å². The summed E-state index contributed by atoms with van der Waals surface area (Å²) in [7, 11) is 0. The minimum absolute atomic E-state index is 0.0509. The van der Waals surface area contributed by atoms with E-state index >= 15 is 0 Å². The van der Waals surface area contributed by atoms with Gasteiger partial charge in [-0.1, -0.05) is 23.3 Å². The summed E-state index contributed by atoms with van der Waals surface area (Å²) in [5, 5.41) is -0.623. The predicted molar refractivity (Wildman–Crippen MR) is 45.6 cm³/mol. The van der Waals surface area contributed by atoms with Crippen molar-refractivity contribution in [3.05, 3.63) is 30.3 Å². The predicted octanol–water partition coefficient (Wildman–Crippen LogP) is 2.35. The number of para-hydroxylation sites is 1. The zero-order valence-corrected chi connectivity index (χ0v) is 7.78. The van der Waals surface area contributed by atoms with Gasteiger partial charge in [-0.15, -0.1) is 13.2 Å². The smallest absolute Gasteiger partial charge is 0.369 e. The monoisotopic (exact) mass is 219 g/mol. The third kappa shape index (κ3) is 3.16. The molecule has 1 aromatic rings.